The van der Waals surface area contributed by atoms with E-state index < -0.39 is 6.85 Å². The fraction of sp³-hybridized carbons (Fsp3) is 0.192. The summed E-state index contributed by atoms with van der Waals surface area (Å²) in [5.41, 5.74) is 17.3. The molecule has 1 aliphatic heterocycles. The lowest BCUT2D eigenvalue weighted by Crippen LogP contribution is -2.25. The lowest BCUT2D eigenvalue weighted by atomic mass is 9.80. The number of hydrogen-bond donors (Lipinski definition) is 0. The summed E-state index contributed by atoms with van der Waals surface area (Å²) < 4.78 is 42.2. The van der Waals surface area contributed by atoms with E-state index in [4.69, 9.17) is 18.3 Å². The van der Waals surface area contributed by atoms with Crippen molar-refractivity contribution in [1.82, 2.24) is 9.55 Å². The Hall–Kier alpha value is -8.87. The fourth-order valence-corrected chi connectivity index (χ4v) is 11.5. The van der Waals surface area contributed by atoms with Gasteiger partial charge in [0.15, 0.2) is 0 Å². The van der Waals surface area contributed by atoms with Gasteiger partial charge in [-0.05, 0) is 152 Å². The molecule has 0 bridgehead atoms. The SMILES string of the molecule is [2H]C([2H])([2H])c1cc(-n2c3cc(Oc4cccc(N5CN(c6cc(C(C)(C)C)cc(C(C)(C)C)c6)c6ccccc65)c4)ccc3c3c(-c4ccccc4-c4ccc5oc6ccccc6c5c4)cccc32)ncc1-c1ccc(C(C)(C)C)cc1. The molecule has 6 heteroatoms. The highest BCUT2D eigenvalue weighted by Gasteiger charge is 2.31. The maximum atomic E-state index is 8.95. The maximum Gasteiger partial charge on any atom is 0.137 e. The Morgan fingerprint density at radius 2 is 1.09 bits per heavy atom. The van der Waals surface area contributed by atoms with Gasteiger partial charge in [-0.15, -0.1) is 0 Å². The van der Waals surface area contributed by atoms with E-state index in [0.717, 1.165) is 88.6 Å². The minimum absolute atomic E-state index is 0.0275. The highest BCUT2D eigenvalue weighted by Crippen LogP contribution is 2.48. The lowest BCUT2D eigenvalue weighted by Gasteiger charge is -2.29. The molecule has 3 aromatic heterocycles. The Morgan fingerprint density at radius 1 is 0.456 bits per heavy atom. The molecule has 1 aliphatic rings. The first-order valence-corrected chi connectivity index (χ1v) is 27.4. The number of fused-ring (bicyclic) bond motifs is 7. The van der Waals surface area contributed by atoms with Gasteiger partial charge in [0.25, 0.3) is 0 Å². The molecule has 79 heavy (non-hydrogen) atoms. The van der Waals surface area contributed by atoms with Crippen LogP contribution in [0.1, 0.15) is 88.7 Å². The second kappa shape index (κ2) is 18.7. The van der Waals surface area contributed by atoms with E-state index in [9.17, 15) is 0 Å². The molecule has 0 spiro atoms. The molecule has 12 aromatic rings. The van der Waals surface area contributed by atoms with Crippen LogP contribution in [0, 0.1) is 6.85 Å². The molecule has 0 aliphatic carbocycles. The predicted molar refractivity (Wildman–Crippen MR) is 332 cm³/mol. The molecule has 4 heterocycles. The minimum atomic E-state index is -2.45. The first kappa shape index (κ1) is 46.2. The van der Waals surface area contributed by atoms with Crippen LogP contribution in [0.2, 0.25) is 0 Å². The van der Waals surface area contributed by atoms with Gasteiger partial charge in [-0.3, -0.25) is 4.57 Å². The number of aryl methyl sites for hydroxylation is 1. The smallest absolute Gasteiger partial charge is 0.137 e. The normalized spacial score (nSPS) is 13.8. The number of rotatable bonds is 8. The number of pyridine rings is 1. The Morgan fingerprint density at radius 3 is 1.82 bits per heavy atom. The van der Waals surface area contributed by atoms with Crippen molar-refractivity contribution in [2.75, 3.05) is 16.5 Å². The lowest BCUT2D eigenvalue weighted by molar-refractivity contribution is 0.483. The molecule has 0 saturated heterocycles. The summed E-state index contributed by atoms with van der Waals surface area (Å²) in [6.45, 7) is 18.4. The van der Waals surface area contributed by atoms with Crippen LogP contribution in [-0.2, 0) is 16.2 Å². The summed E-state index contributed by atoms with van der Waals surface area (Å²) in [5.74, 6) is 1.80. The van der Waals surface area contributed by atoms with Crippen LogP contribution in [0.4, 0.5) is 22.7 Å². The third-order valence-electron chi connectivity index (χ3n) is 15.9. The standard InChI is InChI=1S/C73H66N4O2/c1-46-37-69(74-44-62(46)47-29-32-49(33-30-47)71(2,3)4)77-65-27-18-24-59(57-22-12-11-21-56(57)48-31-36-68-61(38-48)58-23-13-16-28-67(58)79-68)70(65)60-35-34-55(43-66(60)77)78-54-20-17-19-52(42-54)75-45-76(64-26-15-14-25-63(64)75)53-40-50(72(5,6)7)39-51(41-53)73(8,9)10/h11-44H,45H2,1-10H3/i1D3. The second-order valence-corrected chi connectivity index (χ2v) is 24.3. The third-order valence-corrected chi connectivity index (χ3v) is 15.9. The van der Waals surface area contributed by atoms with E-state index in [2.05, 4.69) is 228 Å². The average Bonchev–Trinajstić information content (AvgIpc) is 2.70. The van der Waals surface area contributed by atoms with E-state index in [1.807, 2.05) is 42.5 Å². The summed E-state index contributed by atoms with van der Waals surface area (Å²) in [7, 11) is 0. The fourth-order valence-electron chi connectivity index (χ4n) is 11.5. The van der Waals surface area contributed by atoms with Crippen molar-refractivity contribution in [2.24, 2.45) is 0 Å². The molecule has 6 nitrogen and oxygen atoms in total. The monoisotopic (exact) mass is 1030 g/mol. The minimum Gasteiger partial charge on any atom is -0.457 e. The van der Waals surface area contributed by atoms with E-state index in [1.165, 1.54) is 22.4 Å². The molecule has 13 rings (SSSR count). The number of nitrogens with zero attached hydrogens (tertiary/aromatic N) is 4. The van der Waals surface area contributed by atoms with Crippen LogP contribution in [-0.4, -0.2) is 16.2 Å². The number of hydrogen-bond acceptors (Lipinski definition) is 5. The van der Waals surface area contributed by atoms with Gasteiger partial charge in [0.2, 0.25) is 0 Å². The number of para-hydroxylation sites is 3. The number of furan rings is 1. The quantitative estimate of drug-likeness (QED) is 0.152. The highest BCUT2D eigenvalue weighted by atomic mass is 16.5. The van der Waals surface area contributed by atoms with Crippen LogP contribution in [0.25, 0.3) is 82.9 Å². The zero-order valence-corrected chi connectivity index (χ0v) is 46.4. The Kier molecular flexibility index (Phi) is 10.9. The van der Waals surface area contributed by atoms with Crippen molar-refractivity contribution >= 4 is 66.5 Å². The molecule has 0 unspecified atom stereocenters. The largest absolute Gasteiger partial charge is 0.457 e. The van der Waals surface area contributed by atoms with Gasteiger partial charge < -0.3 is 19.0 Å². The number of benzene rings is 9. The van der Waals surface area contributed by atoms with Gasteiger partial charge in [0.1, 0.15) is 35.2 Å². The van der Waals surface area contributed by atoms with Crippen molar-refractivity contribution in [1.29, 1.82) is 0 Å². The van der Waals surface area contributed by atoms with E-state index in [0.29, 0.717) is 29.5 Å². The van der Waals surface area contributed by atoms with Crippen LogP contribution >= 0.6 is 0 Å². The molecule has 0 atom stereocenters. The van der Waals surface area contributed by atoms with Gasteiger partial charge in [0, 0.05) is 60.9 Å². The van der Waals surface area contributed by atoms with E-state index in [-0.39, 0.29) is 21.8 Å². The van der Waals surface area contributed by atoms with Gasteiger partial charge in [-0.1, -0.05) is 172 Å². The first-order chi connectivity index (χ1) is 39.2. The summed E-state index contributed by atoms with van der Waals surface area (Å²) in [5, 5.41) is 4.11. The molecule has 390 valence electrons. The summed E-state index contributed by atoms with van der Waals surface area (Å²) in [4.78, 5) is 9.94. The van der Waals surface area contributed by atoms with Crippen molar-refractivity contribution < 1.29 is 13.3 Å². The summed E-state index contributed by atoms with van der Waals surface area (Å²) >= 11 is 0. The zero-order valence-electron chi connectivity index (χ0n) is 49.4. The van der Waals surface area contributed by atoms with Crippen LogP contribution in [0.5, 0.6) is 11.5 Å². The van der Waals surface area contributed by atoms with Crippen molar-refractivity contribution in [3.8, 4) is 50.7 Å². The third kappa shape index (κ3) is 8.90. The topological polar surface area (TPSA) is 46.7 Å². The molecule has 0 N–H and O–H groups in total. The highest BCUT2D eigenvalue weighted by molar-refractivity contribution is 6.17. The van der Waals surface area contributed by atoms with E-state index >= 15 is 0 Å². The van der Waals surface area contributed by atoms with Crippen LogP contribution < -0.4 is 14.5 Å². The average molecular weight is 1030 g/mol. The molecular formula is C73H66N4O2. The summed E-state index contributed by atoms with van der Waals surface area (Å²) in [6.07, 6.45) is 1.73. The maximum absolute atomic E-state index is 8.95. The molecule has 0 fully saturated rings. The van der Waals surface area contributed by atoms with Gasteiger partial charge in [0.05, 0.1) is 22.4 Å². The van der Waals surface area contributed by atoms with E-state index in [1.54, 1.807) is 12.3 Å². The molecule has 0 saturated carbocycles. The number of ether oxygens (including phenoxy) is 1. The number of aromatic nitrogens is 2. The van der Waals surface area contributed by atoms with Gasteiger partial charge >= 0.3 is 0 Å². The van der Waals surface area contributed by atoms with Gasteiger partial charge in [-0.25, -0.2) is 4.98 Å². The van der Waals surface area contributed by atoms with Crippen LogP contribution in [0.15, 0.2) is 211 Å². The van der Waals surface area contributed by atoms with Crippen molar-refractivity contribution in [3.63, 3.8) is 0 Å². The Bertz CT molecular complexity index is 4440. The Balaban J connectivity index is 0.937. The molecule has 9 aromatic carbocycles. The molecule has 0 radical (unpaired) electrons. The Labute approximate surface area is 468 Å². The second-order valence-electron chi connectivity index (χ2n) is 24.3. The summed E-state index contributed by atoms with van der Waals surface area (Å²) in [6, 6.07) is 69.7. The molecule has 0 amide bonds. The first-order valence-electron chi connectivity index (χ1n) is 28.9. The van der Waals surface area contributed by atoms with Crippen molar-refractivity contribution in [3.05, 3.63) is 229 Å². The zero-order chi connectivity index (χ0) is 57.0. The van der Waals surface area contributed by atoms with Crippen molar-refractivity contribution in [2.45, 2.75) is 85.4 Å². The molecular weight excluding hydrogens is 965 g/mol. The van der Waals surface area contributed by atoms with Gasteiger partial charge in [-0.2, -0.15) is 0 Å². The predicted octanol–water partition coefficient (Wildman–Crippen LogP) is 20.3. The number of anilines is 4. The van der Waals surface area contributed by atoms with Crippen LogP contribution in [0.3, 0.4) is 0 Å².